The molecule has 1 aromatic carbocycles. The van der Waals surface area contributed by atoms with E-state index >= 15 is 0 Å². The average molecular weight is 235 g/mol. The van der Waals surface area contributed by atoms with E-state index in [0.29, 0.717) is 0 Å². The van der Waals surface area contributed by atoms with Gasteiger partial charge >= 0.3 is 0 Å². The van der Waals surface area contributed by atoms with Gasteiger partial charge in [-0.1, -0.05) is 0 Å². The maximum atomic E-state index is 6.08. The fourth-order valence-electron chi connectivity index (χ4n) is 2.12. The second-order valence-corrected chi connectivity index (χ2v) is 4.35. The predicted molar refractivity (Wildman–Crippen MR) is 74.1 cm³/mol. The molecule has 0 unspecified atom stereocenters. The van der Waals surface area contributed by atoms with Crippen LogP contribution in [0.4, 0.5) is 5.69 Å². The van der Waals surface area contributed by atoms with Gasteiger partial charge < -0.3 is 5.73 Å². The van der Waals surface area contributed by atoms with Crippen LogP contribution in [-0.4, -0.2) is 9.97 Å². The molecule has 18 heavy (non-hydrogen) atoms. The Bertz CT molecular complexity index is 720. The Morgan fingerprint density at radius 1 is 1.00 bits per heavy atom. The Balaban J connectivity index is 2.24. The van der Waals surface area contributed by atoms with E-state index in [1.165, 1.54) is 0 Å². The van der Waals surface area contributed by atoms with E-state index in [2.05, 4.69) is 22.1 Å². The summed E-state index contributed by atoms with van der Waals surface area (Å²) in [4.78, 5) is 8.31. The van der Waals surface area contributed by atoms with Crippen LogP contribution in [0.1, 0.15) is 5.69 Å². The van der Waals surface area contributed by atoms with E-state index in [1.807, 2.05) is 31.3 Å². The first-order valence-electron chi connectivity index (χ1n) is 5.80. The number of nitrogen functional groups attached to an aromatic ring is 1. The van der Waals surface area contributed by atoms with Gasteiger partial charge in [0.2, 0.25) is 0 Å². The molecule has 3 heteroatoms. The normalized spacial score (nSPS) is 10.7. The lowest BCUT2D eigenvalue weighted by Gasteiger charge is -2.07. The van der Waals surface area contributed by atoms with Crippen LogP contribution in [0.5, 0.6) is 0 Å². The van der Waals surface area contributed by atoms with Gasteiger partial charge in [-0.25, -0.2) is 0 Å². The highest BCUT2D eigenvalue weighted by Gasteiger charge is 2.04. The van der Waals surface area contributed by atoms with E-state index in [1.54, 1.807) is 12.4 Å². The smallest absolute Gasteiger partial charge is 0.0415 e. The second-order valence-electron chi connectivity index (χ2n) is 4.35. The van der Waals surface area contributed by atoms with Gasteiger partial charge in [-0.3, -0.25) is 9.97 Å². The van der Waals surface area contributed by atoms with Gasteiger partial charge in [0.1, 0.15) is 0 Å². The Morgan fingerprint density at radius 2 is 1.89 bits per heavy atom. The van der Waals surface area contributed by atoms with Crippen LogP contribution >= 0.6 is 0 Å². The largest absolute Gasteiger partial charge is 0.398 e. The molecule has 88 valence electrons. The highest BCUT2D eigenvalue weighted by atomic mass is 14.7. The van der Waals surface area contributed by atoms with Gasteiger partial charge in [-0.15, -0.1) is 0 Å². The maximum absolute atomic E-state index is 6.08. The number of aromatic nitrogens is 2. The number of anilines is 1. The van der Waals surface area contributed by atoms with Crippen LogP contribution in [0.15, 0.2) is 48.9 Å². The first-order chi connectivity index (χ1) is 8.74. The summed E-state index contributed by atoms with van der Waals surface area (Å²) >= 11 is 0. The molecule has 0 radical (unpaired) electrons. The molecule has 0 amide bonds. The molecular formula is C15H13N3. The van der Waals surface area contributed by atoms with Crippen molar-refractivity contribution in [3.8, 4) is 11.1 Å². The molecule has 0 aliphatic carbocycles. The number of hydrogen-bond donors (Lipinski definition) is 1. The minimum atomic E-state index is 0.755. The summed E-state index contributed by atoms with van der Waals surface area (Å²) in [7, 11) is 0. The molecule has 2 N–H and O–H groups in total. The van der Waals surface area contributed by atoms with Crippen molar-refractivity contribution in [3.63, 3.8) is 0 Å². The Labute approximate surface area is 105 Å². The quantitative estimate of drug-likeness (QED) is 0.659. The molecule has 0 saturated carbocycles. The van der Waals surface area contributed by atoms with E-state index in [0.717, 1.165) is 33.3 Å². The topological polar surface area (TPSA) is 51.8 Å². The highest BCUT2D eigenvalue weighted by molar-refractivity contribution is 5.96. The van der Waals surface area contributed by atoms with Crippen molar-refractivity contribution < 1.29 is 0 Å². The van der Waals surface area contributed by atoms with Gasteiger partial charge in [0.05, 0.1) is 0 Å². The molecular weight excluding hydrogens is 222 g/mol. The SMILES string of the molecule is Cc1cc(-c2cc(N)c3cnccc3c2)ccn1. The van der Waals surface area contributed by atoms with Crippen molar-refractivity contribution in [2.45, 2.75) is 6.92 Å². The minimum absolute atomic E-state index is 0.755. The van der Waals surface area contributed by atoms with Crippen molar-refractivity contribution in [1.29, 1.82) is 0 Å². The number of fused-ring (bicyclic) bond motifs is 1. The van der Waals surface area contributed by atoms with Gasteiger partial charge in [0.15, 0.2) is 0 Å². The van der Waals surface area contributed by atoms with E-state index in [-0.39, 0.29) is 0 Å². The number of nitrogens with zero attached hydrogens (tertiary/aromatic N) is 2. The molecule has 0 saturated heterocycles. The summed E-state index contributed by atoms with van der Waals surface area (Å²) in [6.07, 6.45) is 5.40. The number of aryl methyl sites for hydroxylation is 1. The number of nitrogens with two attached hydrogens (primary N) is 1. The summed E-state index contributed by atoms with van der Waals surface area (Å²) in [6, 6.07) is 10.1. The molecule has 2 aromatic heterocycles. The highest BCUT2D eigenvalue weighted by Crippen LogP contribution is 2.28. The molecule has 0 bridgehead atoms. The van der Waals surface area contributed by atoms with Crippen molar-refractivity contribution in [1.82, 2.24) is 9.97 Å². The van der Waals surface area contributed by atoms with Crippen LogP contribution in [0, 0.1) is 6.92 Å². The number of hydrogen-bond acceptors (Lipinski definition) is 3. The number of pyridine rings is 2. The molecule has 2 heterocycles. The fourth-order valence-corrected chi connectivity index (χ4v) is 2.12. The number of rotatable bonds is 1. The molecule has 3 nitrogen and oxygen atoms in total. The van der Waals surface area contributed by atoms with Gasteiger partial charge in [0, 0.05) is 35.4 Å². The summed E-state index contributed by atoms with van der Waals surface area (Å²) < 4.78 is 0. The Hall–Kier alpha value is -2.42. The summed E-state index contributed by atoms with van der Waals surface area (Å²) in [5.41, 5.74) is 10.1. The standard InChI is InChI=1S/C15H13N3/c1-10-6-11(3-5-18-10)13-7-12-2-4-17-9-14(12)15(16)8-13/h2-9H,16H2,1H3. The lowest BCUT2D eigenvalue weighted by atomic mass is 10.0. The van der Waals surface area contributed by atoms with E-state index < -0.39 is 0 Å². The van der Waals surface area contributed by atoms with Crippen LogP contribution in [-0.2, 0) is 0 Å². The van der Waals surface area contributed by atoms with Crippen LogP contribution < -0.4 is 5.73 Å². The maximum Gasteiger partial charge on any atom is 0.0415 e. The molecule has 3 rings (SSSR count). The predicted octanol–water partition coefficient (Wildman–Crippen LogP) is 3.19. The van der Waals surface area contributed by atoms with Crippen LogP contribution in [0.3, 0.4) is 0 Å². The van der Waals surface area contributed by atoms with Crippen molar-refractivity contribution in [3.05, 3.63) is 54.6 Å². The Kier molecular flexibility index (Phi) is 2.45. The first-order valence-corrected chi connectivity index (χ1v) is 5.80. The zero-order chi connectivity index (χ0) is 12.5. The van der Waals surface area contributed by atoms with E-state index in [4.69, 9.17) is 5.73 Å². The fraction of sp³-hybridized carbons (Fsp3) is 0.0667. The lowest BCUT2D eigenvalue weighted by molar-refractivity contribution is 1.20. The van der Waals surface area contributed by atoms with Gasteiger partial charge in [0.25, 0.3) is 0 Å². The van der Waals surface area contributed by atoms with E-state index in [9.17, 15) is 0 Å². The van der Waals surface area contributed by atoms with Gasteiger partial charge in [-0.2, -0.15) is 0 Å². The monoisotopic (exact) mass is 235 g/mol. The molecule has 3 aromatic rings. The first kappa shape index (κ1) is 10.7. The third-order valence-corrected chi connectivity index (χ3v) is 3.02. The molecule has 0 aliphatic rings. The van der Waals surface area contributed by atoms with Crippen molar-refractivity contribution in [2.24, 2.45) is 0 Å². The van der Waals surface area contributed by atoms with Crippen LogP contribution in [0.25, 0.3) is 21.9 Å². The molecule has 0 fully saturated rings. The van der Waals surface area contributed by atoms with Crippen molar-refractivity contribution >= 4 is 16.5 Å². The summed E-state index contributed by atoms with van der Waals surface area (Å²) in [6.45, 7) is 1.98. The van der Waals surface area contributed by atoms with Crippen LogP contribution in [0.2, 0.25) is 0 Å². The molecule has 0 spiro atoms. The molecule has 0 atom stereocenters. The third-order valence-electron chi connectivity index (χ3n) is 3.02. The average Bonchev–Trinajstić information content (AvgIpc) is 2.39. The van der Waals surface area contributed by atoms with Gasteiger partial charge in [-0.05, 0) is 53.8 Å². The zero-order valence-electron chi connectivity index (χ0n) is 10.1. The minimum Gasteiger partial charge on any atom is -0.398 e. The van der Waals surface area contributed by atoms with Crippen molar-refractivity contribution in [2.75, 3.05) is 5.73 Å². The number of benzene rings is 1. The molecule has 0 aliphatic heterocycles. The summed E-state index contributed by atoms with van der Waals surface area (Å²) in [5.74, 6) is 0. The second kappa shape index (κ2) is 4.11. The zero-order valence-corrected chi connectivity index (χ0v) is 10.1. The lowest BCUT2D eigenvalue weighted by Crippen LogP contribution is -1.90. The summed E-state index contributed by atoms with van der Waals surface area (Å²) in [5, 5.41) is 2.10. The Morgan fingerprint density at radius 3 is 2.72 bits per heavy atom. The third kappa shape index (κ3) is 1.80.